The van der Waals surface area contributed by atoms with Gasteiger partial charge in [0.1, 0.15) is 18.1 Å². The maximum Gasteiger partial charge on any atom is 0.341 e. The molecule has 5 heteroatoms. The molecule has 1 atom stereocenters. The topological polar surface area (TPSA) is 55.8 Å². The minimum atomic E-state index is -2.02. The van der Waals surface area contributed by atoms with Gasteiger partial charge in [-0.1, -0.05) is 6.07 Å². The molecule has 0 heterocycles. The number of aliphatic carboxylic acids is 1. The van der Waals surface area contributed by atoms with Crippen molar-refractivity contribution in [2.45, 2.75) is 6.17 Å². The predicted octanol–water partition coefficient (Wildman–Crippen LogP) is 1.50. The number of rotatable bonds is 5. The molecular formula is C10H11FO4. The lowest BCUT2D eigenvalue weighted by Gasteiger charge is -2.08. The molecule has 1 unspecified atom stereocenters. The Bertz CT molecular complexity index is 340. The molecule has 0 spiro atoms. The second-order valence-electron chi connectivity index (χ2n) is 2.80. The molecule has 0 aliphatic rings. The molecule has 1 N–H and O–H groups in total. The van der Waals surface area contributed by atoms with Crippen molar-refractivity contribution in [2.75, 3.05) is 13.7 Å². The summed E-state index contributed by atoms with van der Waals surface area (Å²) in [5.74, 6) is -0.589. The van der Waals surface area contributed by atoms with E-state index in [0.717, 1.165) is 0 Å². The van der Waals surface area contributed by atoms with Crippen LogP contribution in [0, 0.1) is 0 Å². The van der Waals surface area contributed by atoms with Crippen LogP contribution >= 0.6 is 0 Å². The van der Waals surface area contributed by atoms with Gasteiger partial charge in [-0.3, -0.25) is 0 Å². The first-order chi connectivity index (χ1) is 7.13. The van der Waals surface area contributed by atoms with E-state index in [1.54, 1.807) is 24.3 Å². The van der Waals surface area contributed by atoms with Crippen LogP contribution in [0.15, 0.2) is 24.3 Å². The third kappa shape index (κ3) is 3.46. The van der Waals surface area contributed by atoms with Gasteiger partial charge in [0, 0.05) is 6.07 Å². The van der Waals surface area contributed by atoms with Crippen molar-refractivity contribution >= 4 is 5.97 Å². The summed E-state index contributed by atoms with van der Waals surface area (Å²) in [5, 5.41) is 8.28. The van der Waals surface area contributed by atoms with Crippen LogP contribution in [0.1, 0.15) is 0 Å². The zero-order valence-corrected chi connectivity index (χ0v) is 8.14. The standard InChI is InChI=1S/C10H11FO4/c1-14-7-3-2-4-8(5-7)15-6-9(11)10(12)13/h2-5,9H,6H2,1H3,(H,12,13). The molecule has 0 saturated heterocycles. The van der Waals surface area contributed by atoms with Crippen LogP contribution in [0.5, 0.6) is 11.5 Å². The van der Waals surface area contributed by atoms with Gasteiger partial charge in [-0.2, -0.15) is 0 Å². The second-order valence-corrected chi connectivity index (χ2v) is 2.80. The number of methoxy groups -OCH3 is 1. The summed E-state index contributed by atoms with van der Waals surface area (Å²) in [6.45, 7) is -0.511. The van der Waals surface area contributed by atoms with Gasteiger partial charge < -0.3 is 14.6 Å². The van der Waals surface area contributed by atoms with Crippen molar-refractivity contribution in [1.82, 2.24) is 0 Å². The molecule has 0 aromatic heterocycles. The van der Waals surface area contributed by atoms with Gasteiger partial charge in [0.15, 0.2) is 0 Å². The van der Waals surface area contributed by atoms with Crippen LogP contribution in [-0.4, -0.2) is 31.0 Å². The number of hydrogen-bond donors (Lipinski definition) is 1. The van der Waals surface area contributed by atoms with Crippen LogP contribution in [0.4, 0.5) is 4.39 Å². The summed E-state index contributed by atoms with van der Waals surface area (Å²) in [6.07, 6.45) is -2.02. The summed E-state index contributed by atoms with van der Waals surface area (Å²) < 4.78 is 22.5. The summed E-state index contributed by atoms with van der Waals surface area (Å²) in [7, 11) is 1.49. The molecule has 0 bridgehead atoms. The maximum absolute atomic E-state index is 12.6. The average molecular weight is 214 g/mol. The van der Waals surface area contributed by atoms with E-state index >= 15 is 0 Å². The Morgan fingerprint density at radius 1 is 1.53 bits per heavy atom. The summed E-state index contributed by atoms with van der Waals surface area (Å²) >= 11 is 0. The largest absolute Gasteiger partial charge is 0.497 e. The molecule has 0 aliphatic heterocycles. The van der Waals surface area contributed by atoms with Crippen molar-refractivity contribution in [3.05, 3.63) is 24.3 Å². The molecule has 0 fully saturated rings. The Labute approximate surface area is 86.2 Å². The molecule has 4 nitrogen and oxygen atoms in total. The van der Waals surface area contributed by atoms with Crippen LogP contribution in [0.2, 0.25) is 0 Å². The first kappa shape index (κ1) is 11.3. The first-order valence-electron chi connectivity index (χ1n) is 4.27. The number of alkyl halides is 1. The fourth-order valence-electron chi connectivity index (χ4n) is 0.932. The zero-order valence-electron chi connectivity index (χ0n) is 8.14. The number of benzene rings is 1. The number of ether oxygens (including phenoxy) is 2. The van der Waals surface area contributed by atoms with E-state index in [9.17, 15) is 9.18 Å². The highest BCUT2D eigenvalue weighted by Gasteiger charge is 2.16. The Morgan fingerprint density at radius 3 is 2.80 bits per heavy atom. The molecule has 0 saturated carbocycles. The molecule has 1 aromatic rings. The third-order valence-electron chi connectivity index (χ3n) is 1.71. The highest BCUT2D eigenvalue weighted by atomic mass is 19.1. The van der Waals surface area contributed by atoms with Crippen molar-refractivity contribution in [3.63, 3.8) is 0 Å². The lowest BCUT2D eigenvalue weighted by molar-refractivity contribution is -0.143. The third-order valence-corrected chi connectivity index (χ3v) is 1.71. The van der Waals surface area contributed by atoms with E-state index in [0.29, 0.717) is 11.5 Å². The lowest BCUT2D eigenvalue weighted by Crippen LogP contribution is -2.22. The normalized spacial score (nSPS) is 11.9. The molecule has 0 amide bonds. The molecular weight excluding hydrogens is 203 g/mol. The minimum Gasteiger partial charge on any atom is -0.497 e. The van der Waals surface area contributed by atoms with Gasteiger partial charge in [0.05, 0.1) is 7.11 Å². The second kappa shape index (κ2) is 5.19. The number of carboxylic acid groups (broad SMARTS) is 1. The summed E-state index contributed by atoms with van der Waals surface area (Å²) in [5.41, 5.74) is 0. The van der Waals surface area contributed by atoms with E-state index in [1.807, 2.05) is 0 Å². The van der Waals surface area contributed by atoms with Crippen LogP contribution < -0.4 is 9.47 Å². The van der Waals surface area contributed by atoms with Crippen LogP contribution in [-0.2, 0) is 4.79 Å². The number of halogens is 1. The van der Waals surface area contributed by atoms with Gasteiger partial charge in [0.25, 0.3) is 0 Å². The van der Waals surface area contributed by atoms with Crippen molar-refractivity contribution < 1.29 is 23.8 Å². The molecule has 0 radical (unpaired) electrons. The fourth-order valence-corrected chi connectivity index (χ4v) is 0.932. The number of carbonyl (C=O) groups is 1. The van der Waals surface area contributed by atoms with Gasteiger partial charge >= 0.3 is 5.97 Å². The molecule has 0 aliphatic carbocycles. The molecule has 1 aromatic carbocycles. The Morgan fingerprint density at radius 2 is 2.20 bits per heavy atom. The van der Waals surface area contributed by atoms with Gasteiger partial charge in [-0.25, -0.2) is 9.18 Å². The lowest BCUT2D eigenvalue weighted by atomic mass is 10.3. The highest BCUT2D eigenvalue weighted by molar-refractivity contribution is 5.72. The maximum atomic E-state index is 12.6. The molecule has 15 heavy (non-hydrogen) atoms. The first-order valence-corrected chi connectivity index (χ1v) is 4.27. The Hall–Kier alpha value is -1.78. The van der Waals surface area contributed by atoms with E-state index < -0.39 is 18.7 Å². The van der Waals surface area contributed by atoms with Gasteiger partial charge in [0.2, 0.25) is 6.17 Å². The zero-order chi connectivity index (χ0) is 11.3. The monoisotopic (exact) mass is 214 g/mol. The SMILES string of the molecule is COc1cccc(OCC(F)C(=O)O)c1. The minimum absolute atomic E-state index is 0.373. The Balaban J connectivity index is 2.53. The molecule has 82 valence electrons. The van der Waals surface area contributed by atoms with Gasteiger partial charge in [-0.05, 0) is 12.1 Å². The quantitative estimate of drug-likeness (QED) is 0.806. The fraction of sp³-hybridized carbons (Fsp3) is 0.300. The van der Waals surface area contributed by atoms with Crippen LogP contribution in [0.25, 0.3) is 0 Å². The predicted molar refractivity (Wildman–Crippen MR) is 51.0 cm³/mol. The number of hydrogen-bond acceptors (Lipinski definition) is 3. The van der Waals surface area contributed by atoms with Crippen molar-refractivity contribution in [2.24, 2.45) is 0 Å². The van der Waals surface area contributed by atoms with E-state index in [1.165, 1.54) is 7.11 Å². The summed E-state index contributed by atoms with van der Waals surface area (Å²) in [6, 6.07) is 6.52. The Kier molecular flexibility index (Phi) is 3.91. The van der Waals surface area contributed by atoms with E-state index in [-0.39, 0.29) is 0 Å². The number of carboxylic acids is 1. The van der Waals surface area contributed by atoms with Crippen molar-refractivity contribution in [3.8, 4) is 11.5 Å². The summed E-state index contributed by atoms with van der Waals surface area (Å²) in [4.78, 5) is 10.2. The van der Waals surface area contributed by atoms with E-state index in [4.69, 9.17) is 14.6 Å². The van der Waals surface area contributed by atoms with Crippen LogP contribution in [0.3, 0.4) is 0 Å². The highest BCUT2D eigenvalue weighted by Crippen LogP contribution is 2.19. The average Bonchev–Trinajstić information content (AvgIpc) is 2.26. The smallest absolute Gasteiger partial charge is 0.341 e. The van der Waals surface area contributed by atoms with Gasteiger partial charge in [-0.15, -0.1) is 0 Å². The van der Waals surface area contributed by atoms with E-state index in [2.05, 4.69) is 0 Å². The molecule has 1 rings (SSSR count). The van der Waals surface area contributed by atoms with Crippen molar-refractivity contribution in [1.29, 1.82) is 0 Å².